The Morgan fingerprint density at radius 1 is 1.03 bits per heavy atom. The maximum Gasteiger partial charge on any atom is 0.228 e. The summed E-state index contributed by atoms with van der Waals surface area (Å²) in [4.78, 5) is 27.0. The number of nitrogens with zero attached hydrogens (tertiary/aromatic N) is 1. The van der Waals surface area contributed by atoms with E-state index >= 15 is 0 Å². The van der Waals surface area contributed by atoms with Gasteiger partial charge in [0.15, 0.2) is 0 Å². The predicted octanol–water partition coefficient (Wildman–Crippen LogP) is 5.11. The molecule has 1 aliphatic carbocycles. The zero-order chi connectivity index (χ0) is 21.1. The molecule has 0 bridgehead atoms. The third-order valence-electron chi connectivity index (χ3n) is 5.84. The number of carbonyl (C=O) groups excluding carboxylic acids is 2. The van der Waals surface area contributed by atoms with Gasteiger partial charge in [0.25, 0.3) is 0 Å². The van der Waals surface area contributed by atoms with Gasteiger partial charge in [0, 0.05) is 25.3 Å². The zero-order valence-electron chi connectivity index (χ0n) is 17.9. The Morgan fingerprint density at radius 3 is 2.31 bits per heavy atom. The summed E-state index contributed by atoms with van der Waals surface area (Å²) in [6.45, 7) is 6.30. The number of carbonyl (C=O) groups is 2. The largest absolute Gasteiger partial charge is 0.489 e. The van der Waals surface area contributed by atoms with Gasteiger partial charge in [-0.05, 0) is 36.1 Å². The molecule has 0 spiro atoms. The van der Waals surface area contributed by atoms with E-state index in [1.54, 1.807) is 0 Å². The first-order valence-corrected chi connectivity index (χ1v) is 10.3. The summed E-state index contributed by atoms with van der Waals surface area (Å²) in [6.07, 6.45) is 2.28. The van der Waals surface area contributed by atoms with Crippen LogP contribution in [0, 0.1) is 5.41 Å². The van der Waals surface area contributed by atoms with Crippen LogP contribution in [-0.4, -0.2) is 23.6 Å². The van der Waals surface area contributed by atoms with E-state index < -0.39 is 11.0 Å². The van der Waals surface area contributed by atoms with Crippen LogP contribution in [0.1, 0.15) is 57.6 Å². The van der Waals surface area contributed by atoms with E-state index in [0.29, 0.717) is 32.3 Å². The first kappa shape index (κ1) is 21.1. The Bertz CT molecular complexity index is 857. The minimum Gasteiger partial charge on any atom is -0.489 e. The van der Waals surface area contributed by atoms with E-state index in [-0.39, 0.29) is 11.7 Å². The first-order valence-electron chi connectivity index (χ1n) is 10.3. The molecule has 0 radical (unpaired) electrons. The zero-order valence-corrected chi connectivity index (χ0v) is 17.9. The molecule has 0 aromatic heterocycles. The van der Waals surface area contributed by atoms with Crippen LogP contribution in [0.5, 0.6) is 5.75 Å². The van der Waals surface area contributed by atoms with Gasteiger partial charge in [-0.25, -0.2) is 0 Å². The molecule has 1 fully saturated rings. The molecule has 2 aromatic carbocycles. The van der Waals surface area contributed by atoms with Crippen molar-refractivity contribution in [1.82, 2.24) is 4.90 Å². The highest BCUT2D eigenvalue weighted by molar-refractivity contribution is 5.84. The number of ketones is 1. The molecule has 1 amide bonds. The van der Waals surface area contributed by atoms with Crippen LogP contribution in [0.15, 0.2) is 54.6 Å². The summed E-state index contributed by atoms with van der Waals surface area (Å²) in [5, 5.41) is 0. The number of Topliss-reactive ketones (excluding diaryl/α,β-unsaturated/α-hetero) is 1. The van der Waals surface area contributed by atoms with Crippen molar-refractivity contribution in [2.24, 2.45) is 5.41 Å². The fourth-order valence-corrected chi connectivity index (χ4v) is 4.07. The monoisotopic (exact) mass is 393 g/mol. The molecule has 29 heavy (non-hydrogen) atoms. The number of hydrogen-bond acceptors (Lipinski definition) is 3. The lowest BCUT2D eigenvalue weighted by Crippen LogP contribution is -2.52. The van der Waals surface area contributed by atoms with Crippen molar-refractivity contribution >= 4 is 11.7 Å². The number of hydrogen-bond donors (Lipinski definition) is 0. The molecular weight excluding hydrogens is 362 g/mol. The molecule has 3 rings (SSSR count). The molecule has 4 nitrogen and oxygen atoms in total. The van der Waals surface area contributed by atoms with Crippen molar-refractivity contribution in [2.45, 2.75) is 58.6 Å². The van der Waals surface area contributed by atoms with Crippen molar-refractivity contribution in [3.05, 3.63) is 65.7 Å². The molecule has 0 aliphatic heterocycles. The van der Waals surface area contributed by atoms with Crippen molar-refractivity contribution in [3.8, 4) is 5.75 Å². The minimum atomic E-state index is -0.482. The van der Waals surface area contributed by atoms with Crippen molar-refractivity contribution in [3.63, 3.8) is 0 Å². The molecule has 1 saturated carbocycles. The van der Waals surface area contributed by atoms with Gasteiger partial charge in [-0.15, -0.1) is 0 Å². The van der Waals surface area contributed by atoms with Crippen LogP contribution in [0.25, 0.3) is 0 Å². The smallest absolute Gasteiger partial charge is 0.228 e. The lowest BCUT2D eigenvalue weighted by Gasteiger charge is -2.46. The van der Waals surface area contributed by atoms with Gasteiger partial charge in [0.1, 0.15) is 18.1 Å². The van der Waals surface area contributed by atoms with Gasteiger partial charge in [-0.2, -0.15) is 0 Å². The summed E-state index contributed by atoms with van der Waals surface area (Å²) in [5.41, 5.74) is 1.18. The van der Waals surface area contributed by atoms with E-state index in [9.17, 15) is 9.59 Å². The standard InChI is InChI=1S/C25H31NO3/c1-24(2,3)23(28)26(4)25(15-13-21(27)14-16-25)20-11-8-12-22(17-20)29-18-19-9-6-5-7-10-19/h5-12,17H,13-16,18H2,1-4H3. The molecule has 0 atom stereocenters. The molecule has 2 aromatic rings. The molecule has 4 heteroatoms. The lowest BCUT2D eigenvalue weighted by atomic mass is 9.74. The van der Waals surface area contributed by atoms with Crippen molar-refractivity contribution < 1.29 is 14.3 Å². The Balaban J connectivity index is 1.90. The van der Waals surface area contributed by atoms with Crippen LogP contribution < -0.4 is 4.74 Å². The van der Waals surface area contributed by atoms with Crippen LogP contribution in [0.4, 0.5) is 0 Å². The van der Waals surface area contributed by atoms with E-state index in [1.807, 2.05) is 81.2 Å². The van der Waals surface area contributed by atoms with Crippen LogP contribution in [-0.2, 0) is 21.7 Å². The number of rotatable bonds is 5. The Labute approximate surface area is 173 Å². The summed E-state index contributed by atoms with van der Waals surface area (Å²) in [5.74, 6) is 1.13. The van der Waals surface area contributed by atoms with E-state index in [1.165, 1.54) is 0 Å². The molecule has 0 unspecified atom stereocenters. The van der Waals surface area contributed by atoms with E-state index in [4.69, 9.17) is 4.74 Å². The van der Waals surface area contributed by atoms with Gasteiger partial charge in [0.05, 0.1) is 5.54 Å². The number of benzene rings is 2. The summed E-state index contributed by atoms with van der Waals surface area (Å²) < 4.78 is 6.03. The van der Waals surface area contributed by atoms with Crippen LogP contribution >= 0.6 is 0 Å². The Hall–Kier alpha value is -2.62. The van der Waals surface area contributed by atoms with Crippen LogP contribution in [0.2, 0.25) is 0 Å². The van der Waals surface area contributed by atoms with Gasteiger partial charge in [-0.1, -0.05) is 63.2 Å². The molecule has 154 valence electrons. The highest BCUT2D eigenvalue weighted by Crippen LogP contribution is 2.43. The highest BCUT2D eigenvalue weighted by Gasteiger charge is 2.44. The Morgan fingerprint density at radius 2 is 1.69 bits per heavy atom. The van der Waals surface area contributed by atoms with Gasteiger partial charge >= 0.3 is 0 Å². The molecule has 0 N–H and O–H groups in total. The number of ether oxygens (including phenoxy) is 1. The highest BCUT2D eigenvalue weighted by atomic mass is 16.5. The van der Waals surface area contributed by atoms with Gasteiger partial charge in [-0.3, -0.25) is 9.59 Å². The minimum absolute atomic E-state index is 0.0856. The second kappa shape index (κ2) is 8.40. The average Bonchev–Trinajstić information content (AvgIpc) is 2.72. The summed E-state index contributed by atoms with van der Waals surface area (Å²) in [6, 6.07) is 18.1. The van der Waals surface area contributed by atoms with Crippen molar-refractivity contribution in [1.29, 1.82) is 0 Å². The Kier molecular flexibility index (Phi) is 6.11. The predicted molar refractivity (Wildman–Crippen MR) is 115 cm³/mol. The lowest BCUT2D eigenvalue weighted by molar-refractivity contribution is -0.147. The quantitative estimate of drug-likeness (QED) is 0.709. The normalized spacial score (nSPS) is 16.3. The van der Waals surface area contributed by atoms with Crippen LogP contribution in [0.3, 0.4) is 0 Å². The van der Waals surface area contributed by atoms with E-state index in [2.05, 4.69) is 6.07 Å². The summed E-state index contributed by atoms with van der Waals surface area (Å²) >= 11 is 0. The maximum absolute atomic E-state index is 13.1. The third kappa shape index (κ3) is 4.69. The second-order valence-electron chi connectivity index (χ2n) is 8.99. The van der Waals surface area contributed by atoms with Gasteiger partial charge in [0.2, 0.25) is 5.91 Å². The summed E-state index contributed by atoms with van der Waals surface area (Å²) in [7, 11) is 1.88. The SMILES string of the molecule is CN(C(=O)C(C)(C)C)C1(c2cccc(OCc3ccccc3)c2)CCC(=O)CC1. The third-order valence-corrected chi connectivity index (χ3v) is 5.84. The number of amides is 1. The first-order chi connectivity index (χ1) is 13.7. The average molecular weight is 394 g/mol. The molecular formula is C25H31NO3. The van der Waals surface area contributed by atoms with Crippen molar-refractivity contribution in [2.75, 3.05) is 7.05 Å². The topological polar surface area (TPSA) is 46.6 Å². The van der Waals surface area contributed by atoms with Gasteiger partial charge < -0.3 is 9.64 Å². The second-order valence-corrected chi connectivity index (χ2v) is 8.99. The van der Waals surface area contributed by atoms with E-state index in [0.717, 1.165) is 16.9 Å². The maximum atomic E-state index is 13.1. The molecule has 0 saturated heterocycles. The molecule has 0 heterocycles. The fraction of sp³-hybridized carbons (Fsp3) is 0.440. The molecule has 1 aliphatic rings. The fourth-order valence-electron chi connectivity index (χ4n) is 4.07.